The zero-order valence-electron chi connectivity index (χ0n) is 14.2. The summed E-state index contributed by atoms with van der Waals surface area (Å²) in [5, 5.41) is 2.67. The average Bonchev–Trinajstić information content (AvgIpc) is 3.10. The fourth-order valence-electron chi connectivity index (χ4n) is 3.02. The molecule has 0 atom stereocenters. The molecule has 0 aromatic heterocycles. The Labute approximate surface area is 155 Å². The van der Waals surface area contributed by atoms with Crippen molar-refractivity contribution in [2.75, 3.05) is 38.7 Å². The molecule has 2 aliphatic heterocycles. The molecule has 2 aliphatic rings. The molecular formula is C17H19ClN2O6. The molecule has 1 spiro atoms. The van der Waals surface area contributed by atoms with Gasteiger partial charge in [-0.25, -0.2) is 4.79 Å². The number of halogens is 1. The monoisotopic (exact) mass is 382 g/mol. The van der Waals surface area contributed by atoms with Gasteiger partial charge in [-0.1, -0.05) is 11.6 Å². The van der Waals surface area contributed by atoms with Crippen molar-refractivity contribution in [2.24, 2.45) is 0 Å². The van der Waals surface area contributed by atoms with E-state index in [-0.39, 0.29) is 16.3 Å². The van der Waals surface area contributed by atoms with Crippen LogP contribution in [0.5, 0.6) is 0 Å². The minimum atomic E-state index is -0.821. The molecule has 0 aliphatic carbocycles. The van der Waals surface area contributed by atoms with E-state index in [2.05, 4.69) is 10.1 Å². The van der Waals surface area contributed by atoms with Crippen LogP contribution in [0.15, 0.2) is 18.2 Å². The van der Waals surface area contributed by atoms with E-state index in [0.29, 0.717) is 39.1 Å². The van der Waals surface area contributed by atoms with Gasteiger partial charge < -0.3 is 24.4 Å². The van der Waals surface area contributed by atoms with E-state index in [4.69, 9.17) is 21.1 Å². The first kappa shape index (κ1) is 18.6. The van der Waals surface area contributed by atoms with Crippen molar-refractivity contribution >= 4 is 35.1 Å². The van der Waals surface area contributed by atoms with Gasteiger partial charge in [-0.05, 0) is 18.2 Å². The summed E-state index contributed by atoms with van der Waals surface area (Å²) in [5.41, 5.74) is 0.388. The maximum absolute atomic E-state index is 12.4. The van der Waals surface area contributed by atoms with Crippen LogP contribution in [0.1, 0.15) is 23.2 Å². The van der Waals surface area contributed by atoms with Crippen LogP contribution in [0.2, 0.25) is 5.02 Å². The Balaban J connectivity index is 1.63. The minimum absolute atomic E-state index is 0.170. The normalized spacial score (nSPS) is 18.6. The van der Waals surface area contributed by atoms with Crippen molar-refractivity contribution in [1.82, 2.24) is 4.90 Å². The van der Waals surface area contributed by atoms with Gasteiger partial charge in [0.1, 0.15) is 0 Å². The maximum Gasteiger partial charge on any atom is 0.337 e. The molecule has 26 heavy (non-hydrogen) atoms. The van der Waals surface area contributed by atoms with Gasteiger partial charge in [-0.15, -0.1) is 0 Å². The second-order valence-electron chi connectivity index (χ2n) is 6.04. The highest BCUT2D eigenvalue weighted by molar-refractivity contribution is 6.41. The molecule has 3 rings (SSSR count). The maximum atomic E-state index is 12.4. The molecular weight excluding hydrogens is 364 g/mol. The first-order valence-corrected chi connectivity index (χ1v) is 8.58. The van der Waals surface area contributed by atoms with E-state index in [1.165, 1.54) is 30.2 Å². The number of hydrogen-bond donors (Lipinski definition) is 1. The van der Waals surface area contributed by atoms with Gasteiger partial charge in [0.05, 0.1) is 36.6 Å². The van der Waals surface area contributed by atoms with Crippen LogP contribution >= 0.6 is 11.6 Å². The third-order valence-electron chi connectivity index (χ3n) is 4.46. The highest BCUT2D eigenvalue weighted by Crippen LogP contribution is 2.31. The zero-order valence-corrected chi connectivity index (χ0v) is 15.0. The minimum Gasteiger partial charge on any atom is -0.465 e. The van der Waals surface area contributed by atoms with Crippen LogP contribution in [0.25, 0.3) is 0 Å². The van der Waals surface area contributed by atoms with Crippen molar-refractivity contribution in [3.8, 4) is 0 Å². The Morgan fingerprint density at radius 2 is 1.85 bits per heavy atom. The SMILES string of the molecule is COC(=O)c1ccc(Cl)c(NC(=O)C(=O)N2CCC3(CC2)OCCO3)c1. The average molecular weight is 383 g/mol. The lowest BCUT2D eigenvalue weighted by molar-refractivity contribution is -0.187. The lowest BCUT2D eigenvalue weighted by atomic mass is 10.0. The number of ether oxygens (including phenoxy) is 3. The van der Waals surface area contributed by atoms with Crippen molar-refractivity contribution in [3.63, 3.8) is 0 Å². The van der Waals surface area contributed by atoms with Crippen molar-refractivity contribution in [3.05, 3.63) is 28.8 Å². The fourth-order valence-corrected chi connectivity index (χ4v) is 3.19. The third kappa shape index (κ3) is 3.82. The molecule has 0 radical (unpaired) electrons. The summed E-state index contributed by atoms with van der Waals surface area (Å²) in [7, 11) is 1.25. The molecule has 8 nitrogen and oxygen atoms in total. The van der Waals surface area contributed by atoms with Crippen LogP contribution < -0.4 is 5.32 Å². The van der Waals surface area contributed by atoms with Gasteiger partial charge >= 0.3 is 17.8 Å². The summed E-state index contributed by atoms with van der Waals surface area (Å²) < 4.78 is 15.8. The number of carbonyl (C=O) groups excluding carboxylic acids is 3. The van der Waals surface area contributed by atoms with E-state index in [0.717, 1.165) is 0 Å². The number of amides is 2. The predicted molar refractivity (Wildman–Crippen MR) is 91.9 cm³/mol. The van der Waals surface area contributed by atoms with E-state index in [9.17, 15) is 14.4 Å². The number of likely N-dealkylation sites (tertiary alicyclic amines) is 1. The quantitative estimate of drug-likeness (QED) is 0.614. The second-order valence-corrected chi connectivity index (χ2v) is 6.45. The molecule has 2 heterocycles. The molecule has 0 saturated carbocycles. The van der Waals surface area contributed by atoms with Gasteiger partial charge in [0, 0.05) is 25.9 Å². The fraction of sp³-hybridized carbons (Fsp3) is 0.471. The topological polar surface area (TPSA) is 94.2 Å². The standard InChI is InChI=1S/C17H19ClN2O6/c1-24-16(23)11-2-3-12(18)13(10-11)19-14(21)15(22)20-6-4-17(5-7-20)25-8-9-26-17/h2-3,10H,4-9H2,1H3,(H,19,21). The summed E-state index contributed by atoms with van der Waals surface area (Å²) in [4.78, 5) is 37.7. The predicted octanol–water partition coefficient (Wildman–Crippen LogP) is 1.43. The number of carbonyl (C=O) groups is 3. The molecule has 2 fully saturated rings. The largest absolute Gasteiger partial charge is 0.465 e. The molecule has 140 valence electrons. The lowest BCUT2D eigenvalue weighted by Crippen LogP contribution is -2.50. The number of nitrogens with zero attached hydrogens (tertiary/aromatic N) is 1. The summed E-state index contributed by atoms with van der Waals surface area (Å²) in [6.07, 6.45) is 1.04. The van der Waals surface area contributed by atoms with Crippen LogP contribution in [0, 0.1) is 0 Å². The number of hydrogen-bond acceptors (Lipinski definition) is 6. The number of anilines is 1. The van der Waals surface area contributed by atoms with Crippen molar-refractivity contribution in [1.29, 1.82) is 0 Å². The number of nitrogens with one attached hydrogen (secondary N) is 1. The van der Waals surface area contributed by atoms with Gasteiger partial charge in [0.25, 0.3) is 0 Å². The lowest BCUT2D eigenvalue weighted by Gasteiger charge is -2.37. The molecule has 1 aromatic rings. The summed E-state index contributed by atoms with van der Waals surface area (Å²) in [5.74, 6) is -2.68. The van der Waals surface area contributed by atoms with Gasteiger partial charge in [-0.2, -0.15) is 0 Å². The number of rotatable bonds is 2. The number of esters is 1. The zero-order chi connectivity index (χ0) is 18.7. The Kier molecular flexibility index (Phi) is 5.45. The number of benzene rings is 1. The first-order chi connectivity index (χ1) is 12.4. The Morgan fingerprint density at radius 3 is 2.46 bits per heavy atom. The smallest absolute Gasteiger partial charge is 0.337 e. The molecule has 2 saturated heterocycles. The summed E-state index contributed by atoms with van der Waals surface area (Å²) in [6, 6.07) is 4.29. The van der Waals surface area contributed by atoms with E-state index in [1.807, 2.05) is 0 Å². The Bertz CT molecular complexity index is 722. The number of piperidine rings is 1. The Hall–Kier alpha value is -2.16. The number of methoxy groups -OCH3 is 1. The second kappa shape index (κ2) is 7.61. The molecule has 1 aromatic carbocycles. The first-order valence-electron chi connectivity index (χ1n) is 8.20. The van der Waals surface area contributed by atoms with Crippen LogP contribution in [-0.4, -0.2) is 61.9 Å². The molecule has 2 amide bonds. The molecule has 0 unspecified atom stereocenters. The van der Waals surface area contributed by atoms with Crippen LogP contribution in [-0.2, 0) is 23.8 Å². The van der Waals surface area contributed by atoms with Gasteiger partial charge in [-0.3, -0.25) is 9.59 Å². The highest BCUT2D eigenvalue weighted by Gasteiger charge is 2.41. The van der Waals surface area contributed by atoms with E-state index < -0.39 is 23.6 Å². The third-order valence-corrected chi connectivity index (χ3v) is 4.79. The molecule has 9 heteroatoms. The van der Waals surface area contributed by atoms with Crippen LogP contribution in [0.4, 0.5) is 5.69 Å². The van der Waals surface area contributed by atoms with Gasteiger partial charge in [0.2, 0.25) is 0 Å². The van der Waals surface area contributed by atoms with E-state index in [1.54, 1.807) is 0 Å². The summed E-state index contributed by atoms with van der Waals surface area (Å²) >= 11 is 6.04. The molecule has 1 N–H and O–H groups in total. The van der Waals surface area contributed by atoms with Crippen molar-refractivity contribution < 1.29 is 28.6 Å². The van der Waals surface area contributed by atoms with E-state index >= 15 is 0 Å². The molecule has 0 bridgehead atoms. The Morgan fingerprint density at radius 1 is 1.19 bits per heavy atom. The van der Waals surface area contributed by atoms with Gasteiger partial charge in [0.15, 0.2) is 5.79 Å². The van der Waals surface area contributed by atoms with Crippen molar-refractivity contribution in [2.45, 2.75) is 18.6 Å². The summed E-state index contributed by atoms with van der Waals surface area (Å²) in [6.45, 7) is 1.82. The van der Waals surface area contributed by atoms with Crippen LogP contribution in [0.3, 0.4) is 0 Å². The highest BCUT2D eigenvalue weighted by atomic mass is 35.5.